The van der Waals surface area contributed by atoms with E-state index in [2.05, 4.69) is 65.8 Å². The molecule has 5 heteroatoms. The smallest absolute Gasteiger partial charge is 0.123 e. The van der Waals surface area contributed by atoms with Crippen LogP contribution in [0.5, 0.6) is 0 Å². The lowest BCUT2D eigenvalue weighted by atomic mass is 9.92. The zero-order chi connectivity index (χ0) is 26.2. The topological polar surface area (TPSA) is 24.3 Å². The molecule has 4 aromatic rings. The maximum Gasteiger partial charge on any atom is 0.123 e. The Morgan fingerprint density at radius 2 is 1.76 bits per heavy atom. The number of piperidine rings is 1. The van der Waals surface area contributed by atoms with Gasteiger partial charge in [0.15, 0.2) is 0 Å². The molecule has 0 unspecified atom stereocenters. The lowest BCUT2D eigenvalue weighted by Crippen LogP contribution is -2.37. The Labute approximate surface area is 225 Å². The Bertz CT molecular complexity index is 1460. The fraction of sp³-hybridized carbons (Fsp3) is 0.364. The molecule has 0 radical (unpaired) electrons. The van der Waals surface area contributed by atoms with Crippen molar-refractivity contribution >= 4 is 16.6 Å². The summed E-state index contributed by atoms with van der Waals surface area (Å²) in [7, 11) is 1.99. The summed E-state index contributed by atoms with van der Waals surface area (Å²) in [6.45, 7) is 11.0. The molecule has 2 heterocycles. The number of likely N-dealkylation sites (tertiary alicyclic amines) is 1. The molecule has 2 aliphatic rings. The first-order chi connectivity index (χ1) is 18.5. The van der Waals surface area contributed by atoms with Gasteiger partial charge in [0.05, 0.1) is 5.52 Å². The Kier molecular flexibility index (Phi) is 6.79. The average molecular weight is 509 g/mol. The van der Waals surface area contributed by atoms with Gasteiger partial charge in [-0.05, 0) is 80.9 Å². The number of hydrogen-bond donors (Lipinski definition) is 0. The van der Waals surface area contributed by atoms with Gasteiger partial charge >= 0.3 is 0 Å². The zero-order valence-corrected chi connectivity index (χ0v) is 22.5. The van der Waals surface area contributed by atoms with Gasteiger partial charge in [0.25, 0.3) is 0 Å². The number of nitrogens with zero attached hydrogens (tertiary/aromatic N) is 4. The van der Waals surface area contributed by atoms with Gasteiger partial charge in [-0.2, -0.15) is 5.10 Å². The average Bonchev–Trinajstić information content (AvgIpc) is 3.68. The fourth-order valence-electron chi connectivity index (χ4n) is 6.08. The van der Waals surface area contributed by atoms with Crippen LogP contribution < -0.4 is 4.90 Å². The van der Waals surface area contributed by atoms with E-state index in [9.17, 15) is 4.39 Å². The predicted molar refractivity (Wildman–Crippen MR) is 154 cm³/mol. The van der Waals surface area contributed by atoms with Crippen LogP contribution in [0.25, 0.3) is 22.2 Å². The summed E-state index contributed by atoms with van der Waals surface area (Å²) < 4.78 is 15.9. The first kappa shape index (κ1) is 24.9. The molecule has 0 atom stereocenters. The van der Waals surface area contributed by atoms with Crippen molar-refractivity contribution in [3.05, 3.63) is 96.0 Å². The largest absolute Gasteiger partial charge is 0.345 e. The lowest BCUT2D eigenvalue weighted by molar-refractivity contribution is 0.190. The van der Waals surface area contributed by atoms with Crippen molar-refractivity contribution in [2.24, 2.45) is 18.9 Å². The van der Waals surface area contributed by atoms with Crippen LogP contribution in [0.15, 0.2) is 79.0 Å². The van der Waals surface area contributed by atoms with Crippen molar-refractivity contribution in [2.75, 3.05) is 24.5 Å². The van der Waals surface area contributed by atoms with Gasteiger partial charge in [-0.25, -0.2) is 4.39 Å². The van der Waals surface area contributed by atoms with E-state index in [4.69, 9.17) is 5.10 Å². The highest BCUT2D eigenvalue weighted by molar-refractivity contribution is 5.95. The second-order valence-electron chi connectivity index (χ2n) is 11.2. The van der Waals surface area contributed by atoms with Gasteiger partial charge in [-0.15, -0.1) is 0 Å². The van der Waals surface area contributed by atoms with Crippen molar-refractivity contribution < 1.29 is 4.39 Å². The van der Waals surface area contributed by atoms with Crippen LogP contribution in [0.4, 0.5) is 10.1 Å². The van der Waals surface area contributed by atoms with Crippen LogP contribution in [-0.2, 0) is 13.6 Å². The fourth-order valence-corrected chi connectivity index (χ4v) is 6.08. The number of fused-ring (bicyclic) bond motifs is 1. The van der Waals surface area contributed by atoms with Gasteiger partial charge in [0.2, 0.25) is 0 Å². The van der Waals surface area contributed by atoms with Crippen molar-refractivity contribution in [3.8, 4) is 11.3 Å². The summed E-state index contributed by atoms with van der Waals surface area (Å²) >= 11 is 0. The molecule has 0 N–H and O–H groups in total. The van der Waals surface area contributed by atoms with Gasteiger partial charge in [-0.3, -0.25) is 9.58 Å². The first-order valence-electron chi connectivity index (χ1n) is 13.9. The molecule has 0 amide bonds. The molecular formula is C33H37FN4. The van der Waals surface area contributed by atoms with E-state index >= 15 is 0 Å². The highest BCUT2D eigenvalue weighted by atomic mass is 19.1. The predicted octanol–water partition coefficient (Wildman–Crippen LogP) is 7.33. The van der Waals surface area contributed by atoms with Gasteiger partial charge in [-0.1, -0.05) is 55.1 Å². The Hall–Kier alpha value is -3.44. The summed E-state index contributed by atoms with van der Waals surface area (Å²) in [5.74, 6) is 1.08. The molecule has 1 aliphatic carbocycles. The van der Waals surface area contributed by atoms with E-state index < -0.39 is 0 Å². The van der Waals surface area contributed by atoms with Gasteiger partial charge in [0, 0.05) is 48.4 Å². The number of anilines is 1. The molecule has 0 spiro atoms. The first-order valence-corrected chi connectivity index (χ1v) is 13.9. The third kappa shape index (κ3) is 5.00. The third-order valence-electron chi connectivity index (χ3n) is 8.39. The number of aromatic nitrogens is 2. The summed E-state index contributed by atoms with van der Waals surface area (Å²) in [6, 6.07) is 21.9. The molecule has 2 fully saturated rings. The van der Waals surface area contributed by atoms with Crippen LogP contribution >= 0.6 is 0 Å². The minimum atomic E-state index is -0.236. The van der Waals surface area contributed by atoms with Crippen molar-refractivity contribution in [2.45, 2.75) is 39.2 Å². The SMILES string of the molecule is C=C(C1CCN(Cc2cccc3c(-c4cccc(F)c4)nn(C)c23)CC1)N(CC1CC1)c1ccccc1C. The molecule has 0 bridgehead atoms. The van der Waals surface area contributed by atoms with E-state index in [1.807, 2.05) is 17.8 Å². The van der Waals surface area contributed by atoms with Crippen LogP contribution in [-0.4, -0.2) is 34.3 Å². The standard InChI is InChI=1S/C33H37FN4/c1-23-8-4-5-13-31(23)38(21-25-14-15-25)24(2)26-16-18-37(19-17-26)22-28-10-7-12-30-32(35-36(3)33(28)30)27-9-6-11-29(34)20-27/h4-13,20,25-26H,2,14-19,21-22H2,1,3H3. The van der Waals surface area contributed by atoms with Crippen LogP contribution in [0, 0.1) is 24.6 Å². The molecule has 1 aromatic heterocycles. The molecule has 6 rings (SSSR count). The van der Waals surface area contributed by atoms with Crippen LogP contribution in [0.2, 0.25) is 0 Å². The molecule has 1 saturated carbocycles. The Balaban J connectivity index is 1.17. The van der Waals surface area contributed by atoms with E-state index in [0.29, 0.717) is 5.92 Å². The molecule has 1 aliphatic heterocycles. The van der Waals surface area contributed by atoms with E-state index in [1.165, 1.54) is 41.4 Å². The molecular weight excluding hydrogens is 471 g/mol. The monoisotopic (exact) mass is 508 g/mol. The molecule has 1 saturated heterocycles. The number of benzene rings is 3. The summed E-state index contributed by atoms with van der Waals surface area (Å²) in [5, 5.41) is 5.87. The van der Waals surface area contributed by atoms with Crippen molar-refractivity contribution in [1.29, 1.82) is 0 Å². The minimum Gasteiger partial charge on any atom is -0.345 e. The van der Waals surface area contributed by atoms with Crippen LogP contribution in [0.1, 0.15) is 36.8 Å². The van der Waals surface area contributed by atoms with Gasteiger partial charge < -0.3 is 4.90 Å². The Morgan fingerprint density at radius 3 is 2.50 bits per heavy atom. The second kappa shape index (κ2) is 10.4. The van der Waals surface area contributed by atoms with Crippen molar-refractivity contribution in [1.82, 2.24) is 14.7 Å². The van der Waals surface area contributed by atoms with E-state index in [-0.39, 0.29) is 5.82 Å². The number of allylic oxidation sites excluding steroid dienone is 1. The van der Waals surface area contributed by atoms with Crippen LogP contribution in [0.3, 0.4) is 0 Å². The van der Waals surface area contributed by atoms with E-state index in [1.54, 1.807) is 12.1 Å². The zero-order valence-electron chi connectivity index (χ0n) is 22.5. The number of rotatable bonds is 8. The highest BCUT2D eigenvalue weighted by Gasteiger charge is 2.30. The van der Waals surface area contributed by atoms with Crippen molar-refractivity contribution in [3.63, 3.8) is 0 Å². The van der Waals surface area contributed by atoms with Gasteiger partial charge in [0.1, 0.15) is 11.5 Å². The quantitative estimate of drug-likeness (QED) is 0.249. The molecule has 38 heavy (non-hydrogen) atoms. The summed E-state index contributed by atoms with van der Waals surface area (Å²) in [5.41, 5.74) is 8.00. The maximum absolute atomic E-state index is 13.9. The Morgan fingerprint density at radius 1 is 1.00 bits per heavy atom. The number of hydrogen-bond acceptors (Lipinski definition) is 3. The second-order valence-corrected chi connectivity index (χ2v) is 11.2. The number of halogens is 1. The summed E-state index contributed by atoms with van der Waals surface area (Å²) in [6.07, 6.45) is 4.94. The maximum atomic E-state index is 13.9. The minimum absolute atomic E-state index is 0.236. The number of aryl methyl sites for hydroxylation is 2. The third-order valence-corrected chi connectivity index (χ3v) is 8.39. The number of para-hydroxylation sites is 2. The normalized spacial score (nSPS) is 16.7. The summed E-state index contributed by atoms with van der Waals surface area (Å²) in [4.78, 5) is 5.09. The molecule has 4 nitrogen and oxygen atoms in total. The lowest BCUT2D eigenvalue weighted by Gasteiger charge is -2.38. The molecule has 3 aromatic carbocycles. The van der Waals surface area contributed by atoms with E-state index in [0.717, 1.165) is 67.1 Å². The molecule has 196 valence electrons. The highest BCUT2D eigenvalue weighted by Crippen LogP contribution is 2.38.